The zero-order valence-electron chi connectivity index (χ0n) is 9.59. The second-order valence-electron chi connectivity index (χ2n) is 3.74. The van der Waals surface area contributed by atoms with E-state index in [1.54, 1.807) is 6.20 Å². The smallest absolute Gasteiger partial charge is 0.336 e. The summed E-state index contributed by atoms with van der Waals surface area (Å²) in [6.07, 6.45) is 3.51. The van der Waals surface area contributed by atoms with Gasteiger partial charge < -0.3 is 4.57 Å². The molecule has 0 N–H and O–H groups in total. The lowest BCUT2D eigenvalue weighted by molar-refractivity contribution is 0.592. The quantitative estimate of drug-likeness (QED) is 0.679. The normalized spacial score (nSPS) is 10.9. The Kier molecular flexibility index (Phi) is 2.56. The van der Waals surface area contributed by atoms with Crippen molar-refractivity contribution in [3.05, 3.63) is 46.2 Å². The van der Waals surface area contributed by atoms with Gasteiger partial charge in [-0.1, -0.05) is 0 Å². The third-order valence-corrected chi connectivity index (χ3v) is 3.41. The van der Waals surface area contributed by atoms with Gasteiger partial charge in [0.25, 0.3) is 0 Å². The Morgan fingerprint density at radius 2 is 2.28 bits per heavy atom. The fraction of sp³-hybridized carbons (Fsp3) is 0.200. The summed E-state index contributed by atoms with van der Waals surface area (Å²) in [5.74, 6) is 0.760. The van der Waals surface area contributed by atoms with Gasteiger partial charge in [-0.15, -0.1) is 11.3 Å². The molecular formula is C10H10N6OS. The number of thiophene rings is 1. The predicted molar refractivity (Wildman–Crippen MR) is 65.8 cm³/mol. The van der Waals surface area contributed by atoms with Crippen LogP contribution in [0, 0.1) is 0 Å². The Hall–Kier alpha value is -2.22. The first-order chi connectivity index (χ1) is 8.75. The number of tetrazole rings is 1. The number of aromatic nitrogens is 6. The molecule has 3 aromatic rings. The van der Waals surface area contributed by atoms with E-state index in [1.165, 1.54) is 20.7 Å². The predicted octanol–water partition coefficient (Wildman–Crippen LogP) is 0.272. The van der Waals surface area contributed by atoms with Crippen molar-refractivity contribution < 1.29 is 0 Å². The van der Waals surface area contributed by atoms with Gasteiger partial charge in [-0.2, -0.15) is 9.36 Å². The molecule has 0 unspecified atom stereocenters. The molecule has 3 rings (SSSR count). The van der Waals surface area contributed by atoms with Crippen molar-refractivity contribution in [3.63, 3.8) is 0 Å². The Labute approximate surface area is 106 Å². The van der Waals surface area contributed by atoms with Crippen LogP contribution in [0.2, 0.25) is 0 Å². The van der Waals surface area contributed by atoms with E-state index in [1.807, 2.05) is 35.3 Å². The van der Waals surface area contributed by atoms with Gasteiger partial charge in [-0.3, -0.25) is 0 Å². The van der Waals surface area contributed by atoms with Crippen molar-refractivity contribution in [2.75, 3.05) is 0 Å². The SMILES string of the molecule is Cn1ccnc1Cn1nnn(-c2cccs2)c1=O. The molecule has 3 heterocycles. The third kappa shape index (κ3) is 1.76. The summed E-state index contributed by atoms with van der Waals surface area (Å²) in [5, 5.41) is 10.4. The topological polar surface area (TPSA) is 70.5 Å². The van der Waals surface area contributed by atoms with Crippen LogP contribution in [0.15, 0.2) is 34.7 Å². The minimum atomic E-state index is -0.263. The lowest BCUT2D eigenvalue weighted by atomic mass is 10.6. The number of nitrogens with zero attached hydrogens (tertiary/aromatic N) is 6. The van der Waals surface area contributed by atoms with E-state index in [4.69, 9.17) is 0 Å². The van der Waals surface area contributed by atoms with Crippen LogP contribution in [0.3, 0.4) is 0 Å². The Morgan fingerprint density at radius 1 is 1.39 bits per heavy atom. The van der Waals surface area contributed by atoms with Gasteiger partial charge in [0.15, 0.2) is 0 Å². The molecule has 18 heavy (non-hydrogen) atoms. The Balaban J connectivity index is 1.96. The summed E-state index contributed by atoms with van der Waals surface area (Å²) in [4.78, 5) is 16.2. The average Bonchev–Trinajstić information content (AvgIpc) is 3.05. The fourth-order valence-corrected chi connectivity index (χ4v) is 2.25. The molecule has 0 saturated carbocycles. The van der Waals surface area contributed by atoms with E-state index >= 15 is 0 Å². The molecule has 0 fully saturated rings. The maximum atomic E-state index is 12.1. The van der Waals surface area contributed by atoms with Crippen molar-refractivity contribution >= 4 is 11.3 Å². The molecule has 0 aromatic carbocycles. The molecule has 0 atom stereocenters. The van der Waals surface area contributed by atoms with Crippen molar-refractivity contribution in [1.82, 2.24) is 29.3 Å². The molecule has 0 aliphatic carbocycles. The minimum Gasteiger partial charge on any atom is -0.336 e. The highest BCUT2D eigenvalue weighted by molar-refractivity contribution is 7.12. The summed E-state index contributed by atoms with van der Waals surface area (Å²) in [5.41, 5.74) is -0.263. The van der Waals surface area contributed by atoms with Gasteiger partial charge >= 0.3 is 5.69 Å². The van der Waals surface area contributed by atoms with Gasteiger partial charge in [0.2, 0.25) is 0 Å². The highest BCUT2D eigenvalue weighted by Crippen LogP contribution is 2.10. The summed E-state index contributed by atoms with van der Waals surface area (Å²) in [7, 11) is 1.87. The molecule has 3 aromatic heterocycles. The first-order valence-electron chi connectivity index (χ1n) is 5.28. The highest BCUT2D eigenvalue weighted by Gasteiger charge is 2.11. The van der Waals surface area contributed by atoms with Gasteiger partial charge in [0, 0.05) is 19.4 Å². The van der Waals surface area contributed by atoms with Crippen molar-refractivity contribution in [2.45, 2.75) is 6.54 Å². The molecule has 0 aliphatic rings. The number of hydrogen-bond acceptors (Lipinski definition) is 5. The molecule has 0 spiro atoms. The zero-order chi connectivity index (χ0) is 12.5. The number of rotatable bonds is 3. The first-order valence-corrected chi connectivity index (χ1v) is 6.16. The summed E-state index contributed by atoms with van der Waals surface area (Å²) < 4.78 is 4.42. The standard InChI is InChI=1S/C10H10N6OS/c1-14-5-4-11-8(14)7-15-10(17)16(13-12-15)9-3-2-6-18-9/h2-6H,7H2,1H3. The maximum Gasteiger partial charge on any atom is 0.369 e. The van der Waals surface area contributed by atoms with Gasteiger partial charge in [0.05, 0.1) is 0 Å². The highest BCUT2D eigenvalue weighted by atomic mass is 32.1. The van der Waals surface area contributed by atoms with Gasteiger partial charge in [0.1, 0.15) is 17.4 Å². The largest absolute Gasteiger partial charge is 0.369 e. The molecule has 0 amide bonds. The Bertz CT molecular complexity index is 707. The molecule has 0 radical (unpaired) electrons. The maximum absolute atomic E-state index is 12.1. The lowest BCUT2D eigenvalue weighted by Gasteiger charge is -1.99. The van der Waals surface area contributed by atoms with E-state index < -0.39 is 0 Å². The molecule has 7 nitrogen and oxygen atoms in total. The average molecular weight is 262 g/mol. The molecule has 0 bridgehead atoms. The van der Waals surface area contributed by atoms with Crippen LogP contribution in [-0.2, 0) is 13.6 Å². The number of hydrogen-bond donors (Lipinski definition) is 0. The molecule has 92 valence electrons. The van der Waals surface area contributed by atoms with Crippen LogP contribution in [-0.4, -0.2) is 29.3 Å². The molecule has 8 heteroatoms. The van der Waals surface area contributed by atoms with E-state index in [0.29, 0.717) is 6.54 Å². The van der Waals surface area contributed by atoms with Crippen LogP contribution in [0.1, 0.15) is 5.82 Å². The third-order valence-electron chi connectivity index (χ3n) is 2.57. The molecular weight excluding hydrogens is 252 g/mol. The lowest BCUT2D eigenvalue weighted by Crippen LogP contribution is -2.25. The van der Waals surface area contributed by atoms with Crippen LogP contribution < -0.4 is 5.69 Å². The summed E-state index contributed by atoms with van der Waals surface area (Å²) in [6.45, 7) is 0.313. The Morgan fingerprint density at radius 3 is 2.94 bits per heavy atom. The molecule has 0 saturated heterocycles. The van der Waals surface area contributed by atoms with Crippen molar-refractivity contribution in [1.29, 1.82) is 0 Å². The second kappa shape index (κ2) is 4.22. The van der Waals surface area contributed by atoms with Crippen LogP contribution in [0.5, 0.6) is 0 Å². The van der Waals surface area contributed by atoms with E-state index in [0.717, 1.165) is 10.8 Å². The number of imidazole rings is 1. The van der Waals surface area contributed by atoms with Crippen molar-refractivity contribution in [2.24, 2.45) is 7.05 Å². The van der Waals surface area contributed by atoms with Crippen molar-refractivity contribution in [3.8, 4) is 5.00 Å². The summed E-state index contributed by atoms with van der Waals surface area (Å²) in [6, 6.07) is 3.69. The van der Waals surface area contributed by atoms with Crippen LogP contribution >= 0.6 is 11.3 Å². The van der Waals surface area contributed by atoms with Crippen LogP contribution in [0.4, 0.5) is 0 Å². The van der Waals surface area contributed by atoms with E-state index in [9.17, 15) is 4.79 Å². The monoisotopic (exact) mass is 262 g/mol. The fourth-order valence-electron chi connectivity index (χ4n) is 1.58. The first kappa shape index (κ1) is 10.9. The van der Waals surface area contributed by atoms with Crippen LogP contribution in [0.25, 0.3) is 5.00 Å². The molecule has 0 aliphatic heterocycles. The number of aryl methyl sites for hydroxylation is 1. The second-order valence-corrected chi connectivity index (χ2v) is 4.66. The van der Waals surface area contributed by atoms with E-state index in [-0.39, 0.29) is 5.69 Å². The van der Waals surface area contributed by atoms with Gasteiger partial charge in [-0.05, 0) is 27.9 Å². The zero-order valence-corrected chi connectivity index (χ0v) is 10.4. The minimum absolute atomic E-state index is 0.263. The van der Waals surface area contributed by atoms with E-state index in [2.05, 4.69) is 15.4 Å². The summed E-state index contributed by atoms with van der Waals surface area (Å²) >= 11 is 1.44. The van der Waals surface area contributed by atoms with Gasteiger partial charge in [-0.25, -0.2) is 9.78 Å².